The van der Waals surface area contributed by atoms with Crippen LogP contribution in [-0.2, 0) is 9.53 Å². The zero-order chi connectivity index (χ0) is 17.1. The third kappa shape index (κ3) is 3.75. The lowest BCUT2D eigenvalue weighted by molar-refractivity contribution is -0.135. The van der Waals surface area contributed by atoms with Gasteiger partial charge in [0.1, 0.15) is 17.0 Å². The molecule has 8 heteroatoms. The van der Waals surface area contributed by atoms with Gasteiger partial charge in [-0.1, -0.05) is 0 Å². The van der Waals surface area contributed by atoms with Crippen LogP contribution < -0.4 is 4.90 Å². The van der Waals surface area contributed by atoms with Crippen molar-refractivity contribution >= 4 is 33.3 Å². The molecule has 2 saturated heterocycles. The van der Waals surface area contributed by atoms with Crippen LogP contribution in [-0.4, -0.2) is 84.7 Å². The highest BCUT2D eigenvalue weighted by atomic mass is 32.1. The standard InChI is InChI=1S/C17H23N5O2S/c23-15(21-8-10-24-11-9-21)1-3-20-4-6-22(7-5-20)16-14-2-12-25-17(14)19-13-18-16/h2,12-13H,1,3-11H2. The molecule has 0 saturated carbocycles. The van der Waals surface area contributed by atoms with Gasteiger partial charge in [0.05, 0.1) is 18.6 Å². The Hall–Kier alpha value is -1.77. The van der Waals surface area contributed by atoms with Gasteiger partial charge in [0.2, 0.25) is 5.91 Å². The summed E-state index contributed by atoms with van der Waals surface area (Å²) in [5.41, 5.74) is 0. The van der Waals surface area contributed by atoms with Crippen LogP contribution in [0.1, 0.15) is 6.42 Å². The third-order valence-electron chi connectivity index (χ3n) is 4.92. The minimum Gasteiger partial charge on any atom is -0.378 e. The number of hydrogen-bond donors (Lipinski definition) is 0. The minimum absolute atomic E-state index is 0.251. The normalized spacial score (nSPS) is 19.5. The lowest BCUT2D eigenvalue weighted by Gasteiger charge is -2.36. The SMILES string of the molecule is O=C(CCN1CCN(c2ncnc3sccc23)CC1)N1CCOCC1. The monoisotopic (exact) mass is 361 g/mol. The van der Waals surface area contributed by atoms with Crippen molar-refractivity contribution in [1.29, 1.82) is 0 Å². The van der Waals surface area contributed by atoms with E-state index in [9.17, 15) is 4.79 Å². The quantitative estimate of drug-likeness (QED) is 0.812. The van der Waals surface area contributed by atoms with Gasteiger partial charge in [-0.15, -0.1) is 11.3 Å². The molecule has 2 aliphatic heterocycles. The fourth-order valence-corrected chi connectivity index (χ4v) is 4.16. The summed E-state index contributed by atoms with van der Waals surface area (Å²) in [7, 11) is 0. The average Bonchev–Trinajstić information content (AvgIpc) is 3.16. The van der Waals surface area contributed by atoms with Gasteiger partial charge in [-0.05, 0) is 11.4 Å². The van der Waals surface area contributed by atoms with Crippen molar-refractivity contribution in [2.45, 2.75) is 6.42 Å². The van der Waals surface area contributed by atoms with Crippen LogP contribution in [0.3, 0.4) is 0 Å². The summed E-state index contributed by atoms with van der Waals surface area (Å²) in [6.07, 6.45) is 2.25. The molecular weight excluding hydrogens is 338 g/mol. The lowest BCUT2D eigenvalue weighted by Crippen LogP contribution is -2.48. The van der Waals surface area contributed by atoms with Crippen molar-refractivity contribution in [1.82, 2.24) is 19.8 Å². The van der Waals surface area contributed by atoms with Gasteiger partial charge in [-0.3, -0.25) is 9.69 Å². The molecule has 0 aromatic carbocycles. The van der Waals surface area contributed by atoms with Crippen molar-refractivity contribution in [2.24, 2.45) is 0 Å². The molecule has 25 heavy (non-hydrogen) atoms. The van der Waals surface area contributed by atoms with Crippen LogP contribution in [0, 0.1) is 0 Å². The van der Waals surface area contributed by atoms with E-state index < -0.39 is 0 Å². The van der Waals surface area contributed by atoms with Gasteiger partial charge in [-0.25, -0.2) is 9.97 Å². The molecule has 4 rings (SSSR count). The summed E-state index contributed by atoms with van der Waals surface area (Å²) in [5.74, 6) is 1.29. The Morgan fingerprint density at radius 2 is 1.92 bits per heavy atom. The van der Waals surface area contributed by atoms with E-state index in [1.165, 1.54) is 0 Å². The van der Waals surface area contributed by atoms with E-state index >= 15 is 0 Å². The molecule has 4 heterocycles. The first-order valence-electron chi connectivity index (χ1n) is 8.82. The molecule has 0 N–H and O–H groups in total. The van der Waals surface area contributed by atoms with E-state index in [2.05, 4.69) is 31.2 Å². The second-order valence-corrected chi connectivity index (χ2v) is 7.30. The molecule has 0 unspecified atom stereocenters. The van der Waals surface area contributed by atoms with Crippen molar-refractivity contribution in [3.8, 4) is 0 Å². The first-order valence-corrected chi connectivity index (χ1v) is 9.70. The first kappa shape index (κ1) is 16.7. The number of thiophene rings is 1. The summed E-state index contributed by atoms with van der Waals surface area (Å²) >= 11 is 1.65. The number of aromatic nitrogens is 2. The number of ether oxygens (including phenoxy) is 1. The Bertz CT molecular complexity index is 723. The predicted molar refractivity (Wildman–Crippen MR) is 98.1 cm³/mol. The minimum atomic E-state index is 0.251. The first-order chi connectivity index (χ1) is 12.3. The maximum Gasteiger partial charge on any atom is 0.224 e. The van der Waals surface area contributed by atoms with Crippen LogP contribution in [0.5, 0.6) is 0 Å². The van der Waals surface area contributed by atoms with E-state index in [1.54, 1.807) is 17.7 Å². The Morgan fingerprint density at radius 1 is 1.12 bits per heavy atom. The van der Waals surface area contributed by atoms with Crippen molar-refractivity contribution in [2.75, 3.05) is 63.9 Å². The summed E-state index contributed by atoms with van der Waals surface area (Å²) in [4.78, 5) is 28.8. The molecule has 2 aromatic heterocycles. The topological polar surface area (TPSA) is 61.8 Å². The number of morpholine rings is 1. The largest absolute Gasteiger partial charge is 0.378 e. The molecule has 134 valence electrons. The number of carbonyl (C=O) groups is 1. The highest BCUT2D eigenvalue weighted by molar-refractivity contribution is 7.16. The van der Waals surface area contributed by atoms with Crippen LogP contribution in [0.25, 0.3) is 10.2 Å². The van der Waals surface area contributed by atoms with E-state index in [0.717, 1.165) is 61.8 Å². The molecule has 2 aromatic rings. The Kier molecular flexibility index (Phi) is 5.09. The van der Waals surface area contributed by atoms with Gasteiger partial charge in [0.15, 0.2) is 0 Å². The summed E-state index contributed by atoms with van der Waals surface area (Å²) in [5, 5.41) is 3.21. The Morgan fingerprint density at radius 3 is 2.72 bits per heavy atom. The lowest BCUT2D eigenvalue weighted by atomic mass is 10.2. The van der Waals surface area contributed by atoms with Crippen molar-refractivity contribution in [3.05, 3.63) is 17.8 Å². The van der Waals surface area contributed by atoms with Crippen LogP contribution in [0.4, 0.5) is 5.82 Å². The van der Waals surface area contributed by atoms with Gasteiger partial charge in [0, 0.05) is 52.2 Å². The number of fused-ring (bicyclic) bond motifs is 1. The van der Waals surface area contributed by atoms with E-state index in [4.69, 9.17) is 4.74 Å². The molecule has 0 aliphatic carbocycles. The predicted octanol–water partition coefficient (Wildman–Crippen LogP) is 1.06. The van der Waals surface area contributed by atoms with Gasteiger partial charge in [-0.2, -0.15) is 0 Å². The highest BCUT2D eigenvalue weighted by Gasteiger charge is 2.22. The highest BCUT2D eigenvalue weighted by Crippen LogP contribution is 2.27. The molecule has 0 bridgehead atoms. The molecule has 0 radical (unpaired) electrons. The fraction of sp³-hybridized carbons (Fsp3) is 0.588. The zero-order valence-electron chi connectivity index (χ0n) is 14.3. The number of hydrogen-bond acceptors (Lipinski definition) is 7. The van der Waals surface area contributed by atoms with Gasteiger partial charge >= 0.3 is 0 Å². The molecular formula is C17H23N5O2S. The number of rotatable bonds is 4. The van der Waals surface area contributed by atoms with E-state index in [1.807, 2.05) is 4.90 Å². The number of anilines is 1. The number of nitrogens with zero attached hydrogens (tertiary/aromatic N) is 5. The number of amides is 1. The summed E-state index contributed by atoms with van der Waals surface area (Å²) < 4.78 is 5.30. The Balaban J connectivity index is 1.28. The zero-order valence-corrected chi connectivity index (χ0v) is 15.1. The smallest absolute Gasteiger partial charge is 0.224 e. The maximum atomic E-state index is 12.3. The summed E-state index contributed by atoms with van der Waals surface area (Å²) in [6.45, 7) is 7.44. The number of piperazine rings is 1. The molecule has 0 atom stereocenters. The second kappa shape index (κ2) is 7.63. The Labute approximate surface area is 151 Å². The van der Waals surface area contributed by atoms with Crippen molar-refractivity contribution < 1.29 is 9.53 Å². The van der Waals surface area contributed by atoms with Crippen molar-refractivity contribution in [3.63, 3.8) is 0 Å². The number of carbonyl (C=O) groups excluding carboxylic acids is 1. The average molecular weight is 361 g/mol. The molecule has 7 nitrogen and oxygen atoms in total. The van der Waals surface area contributed by atoms with Gasteiger partial charge < -0.3 is 14.5 Å². The fourth-order valence-electron chi connectivity index (χ4n) is 3.44. The molecule has 2 aliphatic rings. The maximum absolute atomic E-state index is 12.3. The van der Waals surface area contributed by atoms with Crippen LogP contribution in [0.15, 0.2) is 17.8 Å². The van der Waals surface area contributed by atoms with E-state index in [-0.39, 0.29) is 5.91 Å². The van der Waals surface area contributed by atoms with E-state index in [0.29, 0.717) is 19.6 Å². The molecule has 0 spiro atoms. The van der Waals surface area contributed by atoms with Crippen LogP contribution in [0.2, 0.25) is 0 Å². The summed E-state index contributed by atoms with van der Waals surface area (Å²) in [6, 6.07) is 2.10. The van der Waals surface area contributed by atoms with Gasteiger partial charge in [0.25, 0.3) is 0 Å². The molecule has 2 fully saturated rings. The third-order valence-corrected chi connectivity index (χ3v) is 5.74. The second-order valence-electron chi connectivity index (χ2n) is 6.41. The molecule has 1 amide bonds. The van der Waals surface area contributed by atoms with Crippen LogP contribution >= 0.6 is 11.3 Å².